The van der Waals surface area contributed by atoms with E-state index in [9.17, 15) is 0 Å². The summed E-state index contributed by atoms with van der Waals surface area (Å²) in [6.45, 7) is 0. The molecule has 2 aromatic carbocycles. The smallest absolute Gasteiger partial charge is 0.0436 e. The normalized spacial score (nSPS) is 12.4. The zero-order valence-electron chi connectivity index (χ0n) is 9.04. The average molecular weight is 419 g/mol. The molecule has 0 aromatic heterocycles. The predicted molar refractivity (Wildman–Crippen MR) is 83.7 cm³/mol. The van der Waals surface area contributed by atoms with Crippen LogP contribution >= 0.6 is 47.8 Å². The van der Waals surface area contributed by atoms with Crippen molar-refractivity contribution in [3.63, 3.8) is 0 Å². The Balaban J connectivity index is 2.17. The summed E-state index contributed by atoms with van der Waals surface area (Å²) >= 11 is 10.8. The fourth-order valence-corrected chi connectivity index (χ4v) is 3.66. The third-order valence-corrected chi connectivity index (χ3v) is 4.27. The fourth-order valence-electron chi connectivity index (χ4n) is 1.69. The molecule has 0 spiro atoms. The van der Waals surface area contributed by atoms with Crippen molar-refractivity contribution in [3.8, 4) is 0 Å². The summed E-state index contributed by atoms with van der Waals surface area (Å²) in [6.07, 6.45) is 0.990. The lowest BCUT2D eigenvalue weighted by Gasteiger charge is -2.11. The third kappa shape index (κ3) is 3.94. The summed E-state index contributed by atoms with van der Waals surface area (Å²) in [5, 5.41) is 0. The molecule has 2 rings (SSSR count). The first kappa shape index (κ1) is 13.3. The summed E-state index contributed by atoms with van der Waals surface area (Å²) in [4.78, 5) is 0.332. The number of benzene rings is 2. The number of alkyl halides is 1. The molecule has 1 atom stereocenters. The minimum Gasteiger partial charge on any atom is -0.0835 e. The molecular formula is C14H11Br3. The van der Waals surface area contributed by atoms with E-state index in [1.807, 2.05) is 12.1 Å². The molecule has 0 aliphatic carbocycles. The maximum Gasteiger partial charge on any atom is 0.0436 e. The van der Waals surface area contributed by atoms with Gasteiger partial charge >= 0.3 is 0 Å². The van der Waals surface area contributed by atoms with Crippen LogP contribution < -0.4 is 0 Å². The Morgan fingerprint density at radius 3 is 2.06 bits per heavy atom. The van der Waals surface area contributed by atoms with Gasteiger partial charge in [0, 0.05) is 13.8 Å². The Kier molecular flexibility index (Phi) is 4.83. The van der Waals surface area contributed by atoms with E-state index in [4.69, 9.17) is 0 Å². The van der Waals surface area contributed by atoms with E-state index in [1.165, 1.54) is 11.1 Å². The van der Waals surface area contributed by atoms with Crippen LogP contribution in [0.25, 0.3) is 0 Å². The summed E-state index contributed by atoms with van der Waals surface area (Å²) in [7, 11) is 0. The molecule has 0 saturated carbocycles. The quantitative estimate of drug-likeness (QED) is 0.545. The van der Waals surface area contributed by atoms with Crippen molar-refractivity contribution in [2.45, 2.75) is 11.2 Å². The van der Waals surface area contributed by atoms with Gasteiger partial charge in [-0.15, -0.1) is 0 Å². The molecular weight excluding hydrogens is 408 g/mol. The molecule has 88 valence electrons. The summed E-state index contributed by atoms with van der Waals surface area (Å²) in [5.41, 5.74) is 2.61. The largest absolute Gasteiger partial charge is 0.0835 e. The maximum absolute atomic E-state index is 3.75. The predicted octanol–water partition coefficient (Wildman–Crippen LogP) is 5.89. The lowest BCUT2D eigenvalue weighted by atomic mass is 10.0. The molecule has 17 heavy (non-hydrogen) atoms. The molecule has 0 aliphatic heterocycles. The second-order valence-electron chi connectivity index (χ2n) is 3.86. The van der Waals surface area contributed by atoms with E-state index in [0.29, 0.717) is 4.83 Å². The van der Waals surface area contributed by atoms with Gasteiger partial charge in [0.2, 0.25) is 0 Å². The van der Waals surface area contributed by atoms with Crippen molar-refractivity contribution in [2.75, 3.05) is 0 Å². The van der Waals surface area contributed by atoms with Crippen LogP contribution in [0.2, 0.25) is 0 Å². The molecule has 0 radical (unpaired) electrons. The van der Waals surface area contributed by atoms with Crippen LogP contribution in [0.15, 0.2) is 57.5 Å². The topological polar surface area (TPSA) is 0 Å². The van der Waals surface area contributed by atoms with E-state index in [1.54, 1.807) is 0 Å². The van der Waals surface area contributed by atoms with Gasteiger partial charge in [-0.05, 0) is 35.7 Å². The highest BCUT2D eigenvalue weighted by Gasteiger charge is 2.09. The monoisotopic (exact) mass is 416 g/mol. The lowest BCUT2D eigenvalue weighted by Crippen LogP contribution is -1.95. The SMILES string of the molecule is Brc1cc(Br)cc(C(Br)Cc2ccccc2)c1. The standard InChI is InChI=1S/C14H11Br3/c15-12-7-11(8-13(16)9-12)14(17)6-10-4-2-1-3-5-10/h1-5,7-9,14H,6H2. The lowest BCUT2D eigenvalue weighted by molar-refractivity contribution is 0.947. The first-order valence-corrected chi connectivity index (χ1v) is 7.79. The van der Waals surface area contributed by atoms with Crippen molar-refractivity contribution in [3.05, 3.63) is 68.6 Å². The fraction of sp³-hybridized carbons (Fsp3) is 0.143. The Bertz CT molecular complexity index is 474. The second kappa shape index (κ2) is 6.17. The van der Waals surface area contributed by atoms with Crippen LogP contribution in [0.4, 0.5) is 0 Å². The molecule has 0 N–H and O–H groups in total. The van der Waals surface area contributed by atoms with Crippen LogP contribution in [-0.2, 0) is 6.42 Å². The molecule has 0 saturated heterocycles. The van der Waals surface area contributed by atoms with Gasteiger partial charge in [-0.2, -0.15) is 0 Å². The summed E-state index contributed by atoms with van der Waals surface area (Å²) in [5.74, 6) is 0. The second-order valence-corrected chi connectivity index (χ2v) is 6.80. The Morgan fingerprint density at radius 2 is 1.47 bits per heavy atom. The van der Waals surface area contributed by atoms with E-state index in [-0.39, 0.29) is 0 Å². The van der Waals surface area contributed by atoms with Gasteiger partial charge in [0.05, 0.1) is 0 Å². The summed E-state index contributed by atoms with van der Waals surface area (Å²) < 4.78 is 2.19. The van der Waals surface area contributed by atoms with Gasteiger partial charge in [0.25, 0.3) is 0 Å². The van der Waals surface area contributed by atoms with Crippen molar-refractivity contribution in [1.82, 2.24) is 0 Å². The minimum absolute atomic E-state index is 0.332. The van der Waals surface area contributed by atoms with E-state index >= 15 is 0 Å². The maximum atomic E-state index is 3.75. The van der Waals surface area contributed by atoms with Crippen LogP contribution in [0.3, 0.4) is 0 Å². The number of rotatable bonds is 3. The molecule has 0 fully saturated rings. The van der Waals surface area contributed by atoms with Crippen LogP contribution in [-0.4, -0.2) is 0 Å². The van der Waals surface area contributed by atoms with E-state index in [2.05, 4.69) is 84.2 Å². The van der Waals surface area contributed by atoms with Crippen LogP contribution in [0.1, 0.15) is 16.0 Å². The molecule has 1 unspecified atom stereocenters. The van der Waals surface area contributed by atoms with E-state index in [0.717, 1.165) is 15.4 Å². The Morgan fingerprint density at radius 1 is 0.882 bits per heavy atom. The molecule has 0 heterocycles. The number of hydrogen-bond donors (Lipinski definition) is 0. The highest BCUT2D eigenvalue weighted by molar-refractivity contribution is 9.11. The number of hydrogen-bond acceptors (Lipinski definition) is 0. The zero-order chi connectivity index (χ0) is 12.3. The van der Waals surface area contributed by atoms with Gasteiger partial charge < -0.3 is 0 Å². The van der Waals surface area contributed by atoms with Gasteiger partial charge in [-0.1, -0.05) is 78.1 Å². The van der Waals surface area contributed by atoms with Crippen LogP contribution in [0.5, 0.6) is 0 Å². The Hall–Kier alpha value is -0.120. The van der Waals surface area contributed by atoms with Crippen molar-refractivity contribution < 1.29 is 0 Å². The van der Waals surface area contributed by atoms with Gasteiger partial charge in [0.15, 0.2) is 0 Å². The zero-order valence-corrected chi connectivity index (χ0v) is 13.8. The molecule has 0 amide bonds. The molecule has 2 aromatic rings. The first-order valence-electron chi connectivity index (χ1n) is 5.29. The van der Waals surface area contributed by atoms with E-state index < -0.39 is 0 Å². The van der Waals surface area contributed by atoms with Gasteiger partial charge in [-0.25, -0.2) is 0 Å². The molecule has 0 aliphatic rings. The highest BCUT2D eigenvalue weighted by atomic mass is 79.9. The number of halogens is 3. The Labute approximate surface area is 127 Å². The highest BCUT2D eigenvalue weighted by Crippen LogP contribution is 2.31. The summed E-state index contributed by atoms with van der Waals surface area (Å²) in [6, 6.07) is 16.8. The molecule has 0 bridgehead atoms. The first-order chi connectivity index (χ1) is 8.15. The minimum atomic E-state index is 0.332. The van der Waals surface area contributed by atoms with Gasteiger partial charge in [0.1, 0.15) is 0 Å². The van der Waals surface area contributed by atoms with Crippen molar-refractivity contribution in [1.29, 1.82) is 0 Å². The molecule has 0 nitrogen and oxygen atoms in total. The average Bonchev–Trinajstić information content (AvgIpc) is 2.29. The third-order valence-electron chi connectivity index (χ3n) is 2.50. The van der Waals surface area contributed by atoms with Crippen molar-refractivity contribution >= 4 is 47.8 Å². The van der Waals surface area contributed by atoms with Crippen LogP contribution in [0, 0.1) is 0 Å². The molecule has 3 heteroatoms. The van der Waals surface area contributed by atoms with Crippen molar-refractivity contribution in [2.24, 2.45) is 0 Å². The van der Waals surface area contributed by atoms with Gasteiger partial charge in [-0.3, -0.25) is 0 Å².